The molecule has 3 aliphatic heterocycles. The highest BCUT2D eigenvalue weighted by molar-refractivity contribution is 7.92. The summed E-state index contributed by atoms with van der Waals surface area (Å²) < 4.78 is 22.4. The highest BCUT2D eigenvalue weighted by atomic mass is 32.2. The summed E-state index contributed by atoms with van der Waals surface area (Å²) in [6.45, 7) is 1.65. The molecule has 2 atom stereocenters. The lowest BCUT2D eigenvalue weighted by Gasteiger charge is -2.41. The molecular formula is C15H22N4O2S. The number of nitrogens with zero attached hydrogens (tertiary/aromatic N) is 3. The third-order valence-corrected chi connectivity index (χ3v) is 7.29. The molecule has 4 heterocycles. The largest absolute Gasteiger partial charge is 0.334 e. The van der Waals surface area contributed by atoms with E-state index in [4.69, 9.17) is 4.78 Å². The van der Waals surface area contributed by atoms with Gasteiger partial charge in [-0.15, -0.1) is 0 Å². The van der Waals surface area contributed by atoms with Gasteiger partial charge < -0.3 is 9.47 Å². The maximum atomic E-state index is 12.9. The van der Waals surface area contributed by atoms with E-state index >= 15 is 0 Å². The molecule has 3 aliphatic rings. The summed E-state index contributed by atoms with van der Waals surface area (Å²) >= 11 is 0. The monoisotopic (exact) mass is 322 g/mol. The molecule has 2 saturated heterocycles. The minimum Gasteiger partial charge on any atom is -0.334 e. The van der Waals surface area contributed by atoms with Crippen molar-refractivity contribution in [2.45, 2.75) is 50.6 Å². The van der Waals surface area contributed by atoms with Crippen LogP contribution in [0.5, 0.6) is 0 Å². The Labute approximate surface area is 130 Å². The van der Waals surface area contributed by atoms with Crippen molar-refractivity contribution in [2.75, 3.05) is 18.1 Å². The summed E-state index contributed by atoms with van der Waals surface area (Å²) in [5, 5.41) is 0. The maximum absolute atomic E-state index is 12.9. The van der Waals surface area contributed by atoms with E-state index in [0.717, 1.165) is 50.9 Å². The Morgan fingerprint density at radius 2 is 2.09 bits per heavy atom. The van der Waals surface area contributed by atoms with Crippen LogP contribution < -0.4 is 0 Å². The average Bonchev–Trinajstić information content (AvgIpc) is 3.10. The predicted molar refractivity (Wildman–Crippen MR) is 83.4 cm³/mol. The van der Waals surface area contributed by atoms with Crippen LogP contribution in [-0.2, 0) is 22.7 Å². The average molecular weight is 322 g/mol. The fraction of sp³-hybridized carbons (Fsp3) is 0.733. The van der Waals surface area contributed by atoms with E-state index in [-0.39, 0.29) is 11.4 Å². The van der Waals surface area contributed by atoms with Gasteiger partial charge in [0.15, 0.2) is 0 Å². The van der Waals surface area contributed by atoms with Crippen molar-refractivity contribution in [1.29, 1.82) is 4.78 Å². The molecule has 7 heteroatoms. The van der Waals surface area contributed by atoms with E-state index < -0.39 is 9.73 Å². The van der Waals surface area contributed by atoms with Gasteiger partial charge in [0, 0.05) is 41.2 Å². The molecule has 1 N–H and O–H groups in total. The molecule has 0 radical (unpaired) electrons. The van der Waals surface area contributed by atoms with Crippen LogP contribution in [0.25, 0.3) is 0 Å². The zero-order valence-corrected chi connectivity index (χ0v) is 13.5. The lowest BCUT2D eigenvalue weighted by Crippen LogP contribution is -2.54. The first-order valence-corrected chi connectivity index (χ1v) is 10.0. The molecule has 0 aliphatic carbocycles. The molecule has 0 bridgehead atoms. The Balaban J connectivity index is 1.64. The van der Waals surface area contributed by atoms with Gasteiger partial charge in [0.05, 0.1) is 11.3 Å². The predicted octanol–water partition coefficient (Wildman–Crippen LogP) is 1.64. The Hall–Kier alpha value is -1.37. The number of carbonyl (C=O) groups is 1. The normalized spacial score (nSPS) is 34.3. The standard InChI is InChI=1S/C15H22N4O2S/c16-22(21)9-3-6-15(11-22)5-2-8-19(15)14(20)12-10-18-7-1-4-13(18)17-12/h10,16H,1-9,11H2. The Bertz CT molecular complexity index is 702. The Kier molecular flexibility index (Phi) is 3.11. The van der Waals surface area contributed by atoms with E-state index in [1.807, 2.05) is 11.1 Å². The lowest BCUT2D eigenvalue weighted by molar-refractivity contribution is 0.0603. The summed E-state index contributed by atoms with van der Waals surface area (Å²) in [6.07, 6.45) is 7.40. The van der Waals surface area contributed by atoms with Crippen LogP contribution in [0.2, 0.25) is 0 Å². The SMILES string of the molecule is N=S1(=O)CCCC2(CCCN2C(=O)c2cn3c(n2)CCC3)C1. The molecule has 1 amide bonds. The van der Waals surface area contributed by atoms with Crippen LogP contribution in [0.4, 0.5) is 0 Å². The third-order valence-electron chi connectivity index (χ3n) is 5.34. The van der Waals surface area contributed by atoms with Gasteiger partial charge in [0.2, 0.25) is 0 Å². The van der Waals surface area contributed by atoms with Crippen molar-refractivity contribution in [2.24, 2.45) is 0 Å². The quantitative estimate of drug-likeness (QED) is 0.854. The number of amides is 1. The van der Waals surface area contributed by atoms with Crippen molar-refractivity contribution in [3.63, 3.8) is 0 Å². The van der Waals surface area contributed by atoms with Crippen LogP contribution in [0.15, 0.2) is 6.20 Å². The van der Waals surface area contributed by atoms with Crippen molar-refractivity contribution in [3.8, 4) is 0 Å². The topological polar surface area (TPSA) is 79.0 Å². The van der Waals surface area contributed by atoms with Crippen molar-refractivity contribution in [3.05, 3.63) is 17.7 Å². The van der Waals surface area contributed by atoms with Crippen LogP contribution >= 0.6 is 0 Å². The number of carbonyl (C=O) groups excluding carboxylic acids is 1. The number of nitrogens with one attached hydrogen (secondary N) is 1. The third kappa shape index (κ3) is 2.17. The van der Waals surface area contributed by atoms with E-state index in [0.29, 0.717) is 23.7 Å². The number of rotatable bonds is 1. The highest BCUT2D eigenvalue weighted by Crippen LogP contribution is 2.39. The summed E-state index contributed by atoms with van der Waals surface area (Å²) in [7, 11) is -2.54. The number of fused-ring (bicyclic) bond motifs is 1. The van der Waals surface area contributed by atoms with Gasteiger partial charge in [-0.1, -0.05) is 0 Å². The van der Waals surface area contributed by atoms with Gasteiger partial charge >= 0.3 is 0 Å². The van der Waals surface area contributed by atoms with Gasteiger partial charge in [0.1, 0.15) is 11.5 Å². The minimum atomic E-state index is -2.54. The van der Waals surface area contributed by atoms with E-state index in [9.17, 15) is 9.00 Å². The number of aromatic nitrogens is 2. The molecule has 0 aromatic carbocycles. The second-order valence-corrected chi connectivity index (χ2v) is 9.21. The van der Waals surface area contributed by atoms with Gasteiger partial charge in [-0.3, -0.25) is 9.57 Å². The molecular weight excluding hydrogens is 300 g/mol. The second-order valence-electron chi connectivity index (χ2n) is 6.89. The second kappa shape index (κ2) is 4.81. The molecule has 1 spiro atoms. The molecule has 2 fully saturated rings. The number of hydrogen-bond donors (Lipinski definition) is 1. The van der Waals surface area contributed by atoms with Gasteiger partial charge in [0.25, 0.3) is 5.91 Å². The highest BCUT2D eigenvalue weighted by Gasteiger charge is 2.47. The summed E-state index contributed by atoms with van der Waals surface area (Å²) in [5.74, 6) is 1.80. The van der Waals surface area contributed by atoms with Crippen LogP contribution in [0.3, 0.4) is 0 Å². The fourth-order valence-electron chi connectivity index (χ4n) is 4.37. The number of imidazole rings is 1. The minimum absolute atomic E-state index is 0.0310. The first-order valence-electron chi connectivity index (χ1n) is 8.11. The van der Waals surface area contributed by atoms with Crippen molar-refractivity contribution in [1.82, 2.24) is 14.5 Å². The molecule has 0 saturated carbocycles. The zero-order valence-electron chi connectivity index (χ0n) is 12.7. The van der Waals surface area contributed by atoms with Crippen LogP contribution in [0, 0.1) is 4.78 Å². The van der Waals surface area contributed by atoms with Gasteiger partial charge in [-0.05, 0) is 32.1 Å². The molecule has 6 nitrogen and oxygen atoms in total. The van der Waals surface area contributed by atoms with E-state index in [1.165, 1.54) is 0 Å². The zero-order chi connectivity index (χ0) is 15.4. The van der Waals surface area contributed by atoms with E-state index in [1.54, 1.807) is 0 Å². The first-order chi connectivity index (χ1) is 10.5. The van der Waals surface area contributed by atoms with Crippen LogP contribution in [0.1, 0.15) is 48.4 Å². The number of aryl methyl sites for hydroxylation is 2. The molecule has 1 aromatic rings. The molecule has 4 rings (SSSR count). The smallest absolute Gasteiger partial charge is 0.274 e. The number of hydrogen-bond acceptors (Lipinski definition) is 4. The van der Waals surface area contributed by atoms with Gasteiger partial charge in [-0.2, -0.15) is 0 Å². The van der Waals surface area contributed by atoms with Gasteiger partial charge in [-0.25, -0.2) is 9.19 Å². The lowest BCUT2D eigenvalue weighted by atomic mass is 9.92. The summed E-state index contributed by atoms with van der Waals surface area (Å²) in [5.41, 5.74) is 0.167. The fourth-order valence-corrected chi connectivity index (χ4v) is 6.44. The number of likely N-dealkylation sites (tertiary alicyclic amines) is 1. The van der Waals surface area contributed by atoms with Crippen molar-refractivity contribution >= 4 is 15.6 Å². The molecule has 22 heavy (non-hydrogen) atoms. The summed E-state index contributed by atoms with van der Waals surface area (Å²) in [6, 6.07) is 0. The summed E-state index contributed by atoms with van der Waals surface area (Å²) in [4.78, 5) is 19.3. The van der Waals surface area contributed by atoms with Crippen LogP contribution in [-0.4, -0.2) is 48.2 Å². The molecule has 1 aromatic heterocycles. The molecule has 120 valence electrons. The first kappa shape index (κ1) is 14.2. The Morgan fingerprint density at radius 1 is 1.27 bits per heavy atom. The van der Waals surface area contributed by atoms with Crippen molar-refractivity contribution < 1.29 is 9.00 Å². The Morgan fingerprint density at radius 3 is 2.86 bits per heavy atom. The van der Waals surface area contributed by atoms with E-state index in [2.05, 4.69) is 9.55 Å². The maximum Gasteiger partial charge on any atom is 0.274 e. The molecule has 2 unspecified atom stereocenters.